The molecule has 0 aliphatic heterocycles. The van der Waals surface area contributed by atoms with Gasteiger partial charge in [0.1, 0.15) is 5.69 Å². The number of nitrogens with zero attached hydrogens (tertiary/aromatic N) is 2. The van der Waals surface area contributed by atoms with Gasteiger partial charge in [0.25, 0.3) is 0 Å². The van der Waals surface area contributed by atoms with Crippen molar-refractivity contribution in [1.82, 2.24) is 10.3 Å². The van der Waals surface area contributed by atoms with Crippen LogP contribution in [0.2, 0.25) is 0 Å². The monoisotopic (exact) mass is 284 g/mol. The van der Waals surface area contributed by atoms with Gasteiger partial charge >= 0.3 is 0 Å². The van der Waals surface area contributed by atoms with Crippen LogP contribution in [0.3, 0.4) is 0 Å². The lowest BCUT2D eigenvalue weighted by Crippen LogP contribution is -2.37. The molecule has 1 heterocycles. The number of hydrogen-bond donors (Lipinski definition) is 4. The van der Waals surface area contributed by atoms with Gasteiger partial charge in [-0.15, -0.1) is 0 Å². The molecule has 0 radical (unpaired) electrons. The van der Waals surface area contributed by atoms with Gasteiger partial charge in [-0.25, -0.2) is 0 Å². The first-order valence-electron chi connectivity index (χ1n) is 5.92. The highest BCUT2D eigenvalue weighted by Gasteiger charge is 2.15. The number of aliphatic hydroxyl groups excluding tert-OH is 1. The van der Waals surface area contributed by atoms with Gasteiger partial charge in [0.15, 0.2) is 5.84 Å². The number of amidine groups is 1. The molecular weight excluding hydrogens is 264 g/mol. The molecule has 6 nitrogen and oxygen atoms in total. The minimum absolute atomic E-state index is 0.00590. The van der Waals surface area contributed by atoms with Crippen molar-refractivity contribution in [2.24, 2.45) is 10.9 Å². The predicted molar refractivity (Wildman–Crippen MR) is 77.4 cm³/mol. The van der Waals surface area contributed by atoms with Gasteiger partial charge in [-0.3, -0.25) is 4.98 Å². The van der Waals surface area contributed by atoms with Gasteiger partial charge in [-0.2, -0.15) is 11.8 Å². The molecule has 0 saturated heterocycles. The van der Waals surface area contributed by atoms with E-state index in [0.29, 0.717) is 12.2 Å². The normalized spacial score (nSPS) is 15.2. The summed E-state index contributed by atoms with van der Waals surface area (Å²) in [4.78, 5) is 4.10. The van der Waals surface area contributed by atoms with Crippen molar-refractivity contribution in [3.05, 3.63) is 29.6 Å². The molecule has 19 heavy (non-hydrogen) atoms. The second kappa shape index (κ2) is 7.98. The summed E-state index contributed by atoms with van der Waals surface area (Å²) in [5.41, 5.74) is 6.90. The fraction of sp³-hybridized carbons (Fsp3) is 0.500. The molecule has 106 valence electrons. The first kappa shape index (κ1) is 15.7. The van der Waals surface area contributed by atoms with E-state index in [1.54, 1.807) is 24.0 Å². The molecule has 0 aliphatic rings. The maximum Gasteiger partial charge on any atom is 0.189 e. The van der Waals surface area contributed by atoms with Crippen molar-refractivity contribution in [3.8, 4) is 0 Å². The third-order valence-corrected chi connectivity index (χ3v) is 4.06. The number of pyridine rings is 1. The average molecular weight is 284 g/mol. The summed E-state index contributed by atoms with van der Waals surface area (Å²) in [6, 6.07) is 3.81. The molecule has 0 spiro atoms. The van der Waals surface area contributed by atoms with Gasteiger partial charge < -0.3 is 21.4 Å². The Balaban J connectivity index is 2.73. The first-order valence-corrected chi connectivity index (χ1v) is 7.21. The van der Waals surface area contributed by atoms with Crippen molar-refractivity contribution in [3.63, 3.8) is 0 Å². The Morgan fingerprint density at radius 3 is 2.95 bits per heavy atom. The van der Waals surface area contributed by atoms with Crippen LogP contribution in [0.1, 0.15) is 18.2 Å². The summed E-state index contributed by atoms with van der Waals surface area (Å²) in [5.74, 6) is -0.00590. The largest absolute Gasteiger partial charge is 0.409 e. The molecule has 5 N–H and O–H groups in total. The van der Waals surface area contributed by atoms with Crippen LogP contribution in [0.15, 0.2) is 23.5 Å². The second-order valence-electron chi connectivity index (χ2n) is 4.12. The van der Waals surface area contributed by atoms with Crippen molar-refractivity contribution in [1.29, 1.82) is 0 Å². The van der Waals surface area contributed by atoms with Crippen molar-refractivity contribution in [2.75, 3.05) is 12.9 Å². The summed E-state index contributed by atoms with van der Waals surface area (Å²) < 4.78 is 0. The fourth-order valence-corrected chi connectivity index (χ4v) is 2.35. The summed E-state index contributed by atoms with van der Waals surface area (Å²) in [5, 5.41) is 24.4. The first-order chi connectivity index (χ1) is 9.13. The van der Waals surface area contributed by atoms with Crippen molar-refractivity contribution < 1.29 is 10.3 Å². The van der Waals surface area contributed by atoms with Crippen LogP contribution in [-0.4, -0.2) is 45.3 Å². The Hall–Kier alpha value is -1.31. The molecule has 0 aromatic carbocycles. The highest BCUT2D eigenvalue weighted by Crippen LogP contribution is 2.12. The zero-order chi connectivity index (χ0) is 14.3. The molecule has 1 aromatic rings. The molecule has 1 rings (SSSR count). The van der Waals surface area contributed by atoms with Gasteiger partial charge in [0.2, 0.25) is 0 Å². The molecule has 0 saturated carbocycles. The quantitative estimate of drug-likeness (QED) is 0.250. The number of nitrogens with one attached hydrogen (secondary N) is 1. The molecule has 2 unspecified atom stereocenters. The number of hydrogen-bond acceptors (Lipinski definition) is 6. The molecule has 1 aromatic heterocycles. The molecule has 2 atom stereocenters. The summed E-state index contributed by atoms with van der Waals surface area (Å²) in [7, 11) is 0. The van der Waals surface area contributed by atoms with Crippen LogP contribution in [-0.2, 0) is 6.54 Å². The van der Waals surface area contributed by atoms with E-state index in [-0.39, 0.29) is 23.7 Å². The number of aliphatic hydroxyl groups is 1. The van der Waals surface area contributed by atoms with Gasteiger partial charge in [0.05, 0.1) is 6.61 Å². The Labute approximate surface area is 117 Å². The van der Waals surface area contributed by atoms with Crippen LogP contribution in [0.5, 0.6) is 0 Å². The molecule has 0 bridgehead atoms. The zero-order valence-corrected chi connectivity index (χ0v) is 11.9. The molecule has 0 amide bonds. The van der Waals surface area contributed by atoms with Crippen LogP contribution >= 0.6 is 11.8 Å². The van der Waals surface area contributed by atoms with E-state index < -0.39 is 0 Å². The maximum atomic E-state index is 9.23. The second-order valence-corrected chi connectivity index (χ2v) is 5.20. The molecular formula is C12H20N4O2S. The van der Waals surface area contributed by atoms with E-state index in [2.05, 4.69) is 15.5 Å². The fourth-order valence-electron chi connectivity index (χ4n) is 1.70. The van der Waals surface area contributed by atoms with Gasteiger partial charge in [-0.05, 0) is 24.8 Å². The molecule has 7 heteroatoms. The third kappa shape index (κ3) is 4.38. The smallest absolute Gasteiger partial charge is 0.189 e. The predicted octanol–water partition coefficient (Wildman–Crippen LogP) is 0.378. The lowest BCUT2D eigenvalue weighted by molar-refractivity contribution is 0.276. The minimum Gasteiger partial charge on any atom is -0.409 e. The van der Waals surface area contributed by atoms with Gasteiger partial charge in [0, 0.05) is 24.0 Å². The third-order valence-electron chi connectivity index (χ3n) is 2.90. The lowest BCUT2D eigenvalue weighted by atomic mass is 10.1. The average Bonchev–Trinajstić information content (AvgIpc) is 2.45. The Morgan fingerprint density at radius 2 is 2.37 bits per heavy atom. The van der Waals surface area contributed by atoms with E-state index in [0.717, 1.165) is 5.56 Å². The van der Waals surface area contributed by atoms with E-state index in [4.69, 9.17) is 10.9 Å². The Kier molecular flexibility index (Phi) is 6.61. The maximum absolute atomic E-state index is 9.23. The summed E-state index contributed by atoms with van der Waals surface area (Å²) in [6.07, 6.45) is 3.56. The zero-order valence-electron chi connectivity index (χ0n) is 11.1. The summed E-state index contributed by atoms with van der Waals surface area (Å²) >= 11 is 1.61. The Morgan fingerprint density at radius 1 is 1.63 bits per heavy atom. The number of aromatic nitrogens is 1. The van der Waals surface area contributed by atoms with E-state index >= 15 is 0 Å². The molecule has 0 fully saturated rings. The number of nitrogens with two attached hydrogens (primary N) is 1. The Bertz CT molecular complexity index is 424. The number of rotatable bonds is 7. The molecule has 0 aliphatic carbocycles. The van der Waals surface area contributed by atoms with Crippen molar-refractivity contribution in [2.45, 2.75) is 24.8 Å². The number of thioether (sulfide) groups is 1. The number of oxime groups is 1. The SMILES string of the molecule is CSC(CO)C(C)NCc1cccnc1/C(N)=N/O. The lowest BCUT2D eigenvalue weighted by Gasteiger charge is -2.21. The standard InChI is InChI=1S/C12H20N4O2S/c1-8(10(7-17)19-2)15-6-9-4-3-5-14-11(9)12(13)16-18/h3-5,8,10,15,17-18H,6-7H2,1-2H3,(H2,13,16). The van der Waals surface area contributed by atoms with Crippen LogP contribution in [0.4, 0.5) is 0 Å². The van der Waals surface area contributed by atoms with Crippen molar-refractivity contribution >= 4 is 17.6 Å². The highest BCUT2D eigenvalue weighted by atomic mass is 32.2. The summed E-state index contributed by atoms with van der Waals surface area (Å²) in [6.45, 7) is 2.67. The van der Waals surface area contributed by atoms with Gasteiger partial charge in [-0.1, -0.05) is 11.2 Å². The van der Waals surface area contributed by atoms with Crippen LogP contribution in [0.25, 0.3) is 0 Å². The topological polar surface area (TPSA) is 104 Å². The van der Waals surface area contributed by atoms with Crippen LogP contribution in [0, 0.1) is 0 Å². The van der Waals surface area contributed by atoms with Crippen LogP contribution < -0.4 is 11.1 Å². The van der Waals surface area contributed by atoms with E-state index in [1.165, 1.54) is 0 Å². The minimum atomic E-state index is -0.00590. The van der Waals surface area contributed by atoms with E-state index in [9.17, 15) is 5.11 Å². The highest BCUT2D eigenvalue weighted by molar-refractivity contribution is 7.99. The van der Waals surface area contributed by atoms with E-state index in [1.807, 2.05) is 19.2 Å².